The zero-order valence-electron chi connectivity index (χ0n) is 11.5. The van der Waals surface area contributed by atoms with E-state index in [1.54, 1.807) is 6.92 Å². The van der Waals surface area contributed by atoms with Gasteiger partial charge in [-0.15, -0.1) is 0 Å². The first kappa shape index (κ1) is 15.4. The Balaban J connectivity index is 4.48. The summed E-state index contributed by atoms with van der Waals surface area (Å²) in [5.74, 6) is -0.127. The van der Waals surface area contributed by atoms with Crippen LogP contribution in [-0.2, 0) is 14.4 Å². The molecule has 16 heavy (non-hydrogen) atoms. The van der Waals surface area contributed by atoms with E-state index >= 15 is 0 Å². The molecule has 0 aliphatic rings. The van der Waals surface area contributed by atoms with E-state index in [1.807, 2.05) is 41.5 Å². The Kier molecular flexibility index (Phi) is 6.60. The first-order chi connectivity index (χ1) is 7.25. The van der Waals surface area contributed by atoms with Crippen molar-refractivity contribution in [1.29, 1.82) is 0 Å². The second-order valence-corrected chi connectivity index (χ2v) is 4.74. The molecule has 0 N–H and O–H groups in total. The van der Waals surface area contributed by atoms with Crippen LogP contribution in [0.5, 0.6) is 0 Å². The largest absolute Gasteiger partial charge is 0.366 e. The van der Waals surface area contributed by atoms with Gasteiger partial charge in [-0.3, -0.25) is 9.63 Å². The molecule has 0 heterocycles. The maximum absolute atomic E-state index is 12.0. The molecule has 0 aromatic carbocycles. The van der Waals surface area contributed by atoms with Gasteiger partial charge in [-0.05, 0) is 48.5 Å². The molecule has 96 valence electrons. The van der Waals surface area contributed by atoms with Crippen molar-refractivity contribution in [1.82, 2.24) is 5.06 Å². The summed E-state index contributed by atoms with van der Waals surface area (Å²) in [6, 6.07) is 0.00751. The minimum Gasteiger partial charge on any atom is -0.366 e. The Morgan fingerprint density at radius 1 is 0.938 bits per heavy atom. The highest BCUT2D eigenvalue weighted by Crippen LogP contribution is 2.09. The van der Waals surface area contributed by atoms with Crippen molar-refractivity contribution in [3.63, 3.8) is 0 Å². The maximum Gasteiger partial charge on any atom is 0.275 e. The third-order valence-corrected chi connectivity index (χ3v) is 1.83. The van der Waals surface area contributed by atoms with Crippen LogP contribution in [0.15, 0.2) is 0 Å². The van der Waals surface area contributed by atoms with Crippen LogP contribution in [-0.4, -0.2) is 35.3 Å². The molecule has 0 aliphatic heterocycles. The van der Waals surface area contributed by atoms with Gasteiger partial charge < -0.3 is 4.74 Å². The van der Waals surface area contributed by atoms with E-state index in [1.165, 1.54) is 5.06 Å². The van der Waals surface area contributed by atoms with Crippen LogP contribution in [0, 0.1) is 0 Å². The van der Waals surface area contributed by atoms with Gasteiger partial charge in [-0.25, -0.2) is 5.06 Å². The van der Waals surface area contributed by atoms with Gasteiger partial charge in [-0.2, -0.15) is 0 Å². The van der Waals surface area contributed by atoms with E-state index in [2.05, 4.69) is 0 Å². The summed E-state index contributed by atoms with van der Waals surface area (Å²) in [6.45, 7) is 13.2. The summed E-state index contributed by atoms with van der Waals surface area (Å²) in [5, 5.41) is 1.40. The molecule has 0 bridgehead atoms. The summed E-state index contributed by atoms with van der Waals surface area (Å²) in [4.78, 5) is 17.5. The number of amides is 1. The summed E-state index contributed by atoms with van der Waals surface area (Å²) >= 11 is 0. The molecule has 0 radical (unpaired) electrons. The molecule has 0 aromatic heterocycles. The molecule has 1 atom stereocenters. The van der Waals surface area contributed by atoms with E-state index in [-0.39, 0.29) is 24.2 Å². The topological polar surface area (TPSA) is 38.8 Å². The van der Waals surface area contributed by atoms with Crippen LogP contribution in [0.2, 0.25) is 0 Å². The summed E-state index contributed by atoms with van der Waals surface area (Å²) in [5.41, 5.74) is 0. The van der Waals surface area contributed by atoms with Crippen LogP contribution in [0.3, 0.4) is 0 Å². The van der Waals surface area contributed by atoms with Gasteiger partial charge in [0.2, 0.25) is 0 Å². The molecular weight excluding hydrogens is 206 g/mol. The van der Waals surface area contributed by atoms with E-state index < -0.39 is 6.10 Å². The molecule has 0 spiro atoms. The zero-order valence-corrected chi connectivity index (χ0v) is 11.5. The van der Waals surface area contributed by atoms with E-state index in [0.717, 1.165) is 0 Å². The van der Waals surface area contributed by atoms with Gasteiger partial charge in [0.25, 0.3) is 5.91 Å². The Hall–Kier alpha value is -0.610. The van der Waals surface area contributed by atoms with Gasteiger partial charge in [0, 0.05) is 0 Å². The second-order valence-electron chi connectivity index (χ2n) is 4.74. The fourth-order valence-electron chi connectivity index (χ4n) is 1.30. The molecule has 4 nitrogen and oxygen atoms in total. The molecule has 0 saturated heterocycles. The number of carbonyl (C=O) groups is 1. The van der Waals surface area contributed by atoms with Crippen molar-refractivity contribution in [3.05, 3.63) is 0 Å². The predicted molar refractivity (Wildman–Crippen MR) is 63.9 cm³/mol. The van der Waals surface area contributed by atoms with Gasteiger partial charge in [0.1, 0.15) is 6.10 Å². The fraction of sp³-hybridized carbons (Fsp3) is 0.917. The highest BCUT2D eigenvalue weighted by atomic mass is 16.7. The van der Waals surface area contributed by atoms with Gasteiger partial charge >= 0.3 is 0 Å². The van der Waals surface area contributed by atoms with Crippen molar-refractivity contribution in [2.75, 3.05) is 0 Å². The highest BCUT2D eigenvalue weighted by molar-refractivity contribution is 5.79. The lowest BCUT2D eigenvalue weighted by Gasteiger charge is -2.30. The quantitative estimate of drug-likeness (QED) is 0.659. The van der Waals surface area contributed by atoms with E-state index in [0.29, 0.717) is 0 Å². The van der Waals surface area contributed by atoms with Gasteiger partial charge in [0.05, 0.1) is 18.2 Å². The SMILES string of the molecule is CC(C)OC(C)C(=O)N(OC(C)C)C(C)C. The number of hydroxylamine groups is 2. The smallest absolute Gasteiger partial charge is 0.275 e. The number of hydrogen-bond acceptors (Lipinski definition) is 3. The van der Waals surface area contributed by atoms with Gasteiger partial charge in [-0.1, -0.05) is 0 Å². The molecule has 0 aromatic rings. The fourth-order valence-corrected chi connectivity index (χ4v) is 1.30. The second kappa shape index (κ2) is 6.86. The minimum absolute atomic E-state index is 0.00751. The third-order valence-electron chi connectivity index (χ3n) is 1.83. The van der Waals surface area contributed by atoms with Gasteiger partial charge in [0.15, 0.2) is 0 Å². The average Bonchev–Trinajstić information content (AvgIpc) is 2.11. The molecule has 4 heteroatoms. The van der Waals surface area contributed by atoms with Crippen LogP contribution in [0.25, 0.3) is 0 Å². The Bertz CT molecular complexity index is 214. The lowest BCUT2D eigenvalue weighted by molar-refractivity contribution is -0.221. The first-order valence-corrected chi connectivity index (χ1v) is 5.91. The number of ether oxygens (including phenoxy) is 1. The summed E-state index contributed by atoms with van der Waals surface area (Å²) in [6.07, 6.45) is -0.453. The molecule has 0 saturated carbocycles. The van der Waals surface area contributed by atoms with Crippen molar-refractivity contribution in [3.8, 4) is 0 Å². The van der Waals surface area contributed by atoms with Crippen LogP contribution in [0.4, 0.5) is 0 Å². The third kappa shape index (κ3) is 5.47. The van der Waals surface area contributed by atoms with Crippen LogP contribution in [0.1, 0.15) is 48.5 Å². The van der Waals surface area contributed by atoms with Crippen LogP contribution < -0.4 is 0 Å². The molecule has 1 unspecified atom stereocenters. The maximum atomic E-state index is 12.0. The van der Waals surface area contributed by atoms with E-state index in [4.69, 9.17) is 9.57 Å². The molecule has 1 amide bonds. The average molecular weight is 231 g/mol. The standard InChI is InChI=1S/C12H25NO3/c1-8(2)13(16-10(5)6)12(14)11(7)15-9(3)4/h8-11H,1-7H3. The Morgan fingerprint density at radius 3 is 1.75 bits per heavy atom. The molecular formula is C12H25NO3. The lowest BCUT2D eigenvalue weighted by Crippen LogP contribution is -2.45. The monoisotopic (exact) mass is 231 g/mol. The molecule has 0 fully saturated rings. The number of rotatable bonds is 6. The summed E-state index contributed by atoms with van der Waals surface area (Å²) in [7, 11) is 0. The van der Waals surface area contributed by atoms with Crippen molar-refractivity contribution in [2.24, 2.45) is 0 Å². The first-order valence-electron chi connectivity index (χ1n) is 5.91. The number of nitrogens with zero attached hydrogens (tertiary/aromatic N) is 1. The summed E-state index contributed by atoms with van der Waals surface area (Å²) < 4.78 is 5.45. The minimum atomic E-state index is -0.471. The molecule has 0 aliphatic carbocycles. The number of hydrogen-bond donors (Lipinski definition) is 0. The van der Waals surface area contributed by atoms with Crippen LogP contribution >= 0.6 is 0 Å². The highest BCUT2D eigenvalue weighted by Gasteiger charge is 2.25. The van der Waals surface area contributed by atoms with Crippen molar-refractivity contribution < 1.29 is 14.4 Å². The van der Waals surface area contributed by atoms with E-state index in [9.17, 15) is 4.79 Å². The van der Waals surface area contributed by atoms with Crippen molar-refractivity contribution in [2.45, 2.75) is 72.8 Å². The lowest BCUT2D eigenvalue weighted by atomic mass is 10.3. The Morgan fingerprint density at radius 2 is 1.44 bits per heavy atom. The Labute approximate surface area is 98.9 Å². The predicted octanol–water partition coefficient (Wildman–Crippen LogP) is 2.38. The van der Waals surface area contributed by atoms with Crippen molar-refractivity contribution >= 4 is 5.91 Å². The number of carbonyl (C=O) groups excluding carboxylic acids is 1. The normalized spacial score (nSPS) is 13.6. The molecule has 0 rings (SSSR count). The zero-order chi connectivity index (χ0) is 12.9.